The van der Waals surface area contributed by atoms with Gasteiger partial charge in [-0.25, -0.2) is 4.79 Å². The van der Waals surface area contributed by atoms with E-state index in [0.29, 0.717) is 0 Å². The number of urea groups is 1. The molecule has 0 saturated heterocycles. The van der Waals surface area contributed by atoms with Crippen molar-refractivity contribution < 1.29 is 9.21 Å². The summed E-state index contributed by atoms with van der Waals surface area (Å²) in [5, 5.41) is 6.85. The summed E-state index contributed by atoms with van der Waals surface area (Å²) < 4.78 is 5.33. The molecule has 0 spiro atoms. The van der Waals surface area contributed by atoms with E-state index < -0.39 is 0 Å². The average molecular weight is 294 g/mol. The molecule has 3 rings (SSSR count). The fraction of sp³-hybridized carbons (Fsp3) is 0.167. The monoisotopic (exact) mass is 294 g/mol. The average Bonchev–Trinajstić information content (AvgIpc) is 2.95. The van der Waals surface area contributed by atoms with Crippen LogP contribution in [0.15, 0.2) is 65.3 Å². The third kappa shape index (κ3) is 3.47. The zero-order valence-electron chi connectivity index (χ0n) is 12.4. The van der Waals surface area contributed by atoms with E-state index in [1.165, 1.54) is 5.56 Å². The molecule has 1 atom stereocenters. The van der Waals surface area contributed by atoms with E-state index >= 15 is 0 Å². The lowest BCUT2D eigenvalue weighted by Gasteiger charge is -2.15. The molecule has 2 aromatic carbocycles. The number of amides is 2. The maximum atomic E-state index is 11.9. The molecule has 4 heteroatoms. The van der Waals surface area contributed by atoms with E-state index in [-0.39, 0.29) is 12.1 Å². The maximum Gasteiger partial charge on any atom is 0.319 e. The van der Waals surface area contributed by atoms with Crippen LogP contribution in [0.1, 0.15) is 12.5 Å². The lowest BCUT2D eigenvalue weighted by Crippen LogP contribution is -2.37. The largest absolute Gasteiger partial charge is 0.464 e. The quantitative estimate of drug-likeness (QED) is 0.758. The molecule has 0 aliphatic heterocycles. The summed E-state index contributed by atoms with van der Waals surface area (Å²) in [6.07, 6.45) is 2.45. The number of benzene rings is 2. The smallest absolute Gasteiger partial charge is 0.319 e. The predicted molar refractivity (Wildman–Crippen MR) is 88.0 cm³/mol. The summed E-state index contributed by atoms with van der Waals surface area (Å²) in [5.74, 6) is 0. The first-order valence-corrected chi connectivity index (χ1v) is 7.29. The number of hydrogen-bond donors (Lipinski definition) is 2. The Labute approximate surface area is 129 Å². The van der Waals surface area contributed by atoms with Gasteiger partial charge in [0.25, 0.3) is 0 Å². The summed E-state index contributed by atoms with van der Waals surface area (Å²) in [5.41, 5.74) is 2.83. The van der Waals surface area contributed by atoms with Gasteiger partial charge < -0.3 is 15.1 Å². The summed E-state index contributed by atoms with van der Waals surface area (Å²) in [6.45, 7) is 1.99. The number of nitrogens with one attached hydrogen (secondary N) is 2. The zero-order valence-corrected chi connectivity index (χ0v) is 12.4. The van der Waals surface area contributed by atoms with Crippen LogP contribution in [0.5, 0.6) is 0 Å². The normalized spacial score (nSPS) is 12.0. The molecule has 0 bridgehead atoms. The summed E-state index contributed by atoms with van der Waals surface area (Å²) >= 11 is 0. The number of anilines is 1. The molecule has 0 radical (unpaired) electrons. The molecule has 0 aliphatic rings. The van der Waals surface area contributed by atoms with Crippen LogP contribution in [0.25, 0.3) is 11.0 Å². The van der Waals surface area contributed by atoms with Gasteiger partial charge in [-0.3, -0.25) is 0 Å². The Bertz CT molecular complexity index is 765. The third-order valence-electron chi connectivity index (χ3n) is 3.47. The van der Waals surface area contributed by atoms with Gasteiger partial charge in [-0.05, 0) is 49.2 Å². The fourth-order valence-corrected chi connectivity index (χ4v) is 2.46. The van der Waals surface area contributed by atoms with Crippen molar-refractivity contribution in [3.05, 3.63) is 66.4 Å². The Morgan fingerprint density at radius 3 is 2.77 bits per heavy atom. The zero-order chi connectivity index (χ0) is 15.4. The van der Waals surface area contributed by atoms with E-state index in [1.807, 2.05) is 55.5 Å². The van der Waals surface area contributed by atoms with Crippen molar-refractivity contribution in [2.45, 2.75) is 19.4 Å². The molecule has 2 N–H and O–H groups in total. The highest BCUT2D eigenvalue weighted by molar-refractivity contribution is 5.89. The molecule has 1 aromatic heterocycles. The summed E-state index contributed by atoms with van der Waals surface area (Å²) in [7, 11) is 0. The van der Waals surface area contributed by atoms with Crippen molar-refractivity contribution in [3.63, 3.8) is 0 Å². The van der Waals surface area contributed by atoms with E-state index in [1.54, 1.807) is 6.26 Å². The first kappa shape index (κ1) is 14.2. The number of carbonyl (C=O) groups excluding carboxylic acids is 1. The van der Waals surface area contributed by atoms with Crippen LogP contribution in [0.2, 0.25) is 0 Å². The van der Waals surface area contributed by atoms with Gasteiger partial charge in [0.15, 0.2) is 0 Å². The number of para-hydroxylation sites is 1. The fourth-order valence-electron chi connectivity index (χ4n) is 2.46. The van der Waals surface area contributed by atoms with Crippen LogP contribution < -0.4 is 10.6 Å². The molecule has 1 unspecified atom stereocenters. The molecule has 0 saturated carbocycles. The second-order valence-corrected chi connectivity index (χ2v) is 5.36. The molecule has 2 amide bonds. The minimum absolute atomic E-state index is 0.0352. The van der Waals surface area contributed by atoms with Crippen LogP contribution >= 0.6 is 0 Å². The third-order valence-corrected chi connectivity index (χ3v) is 3.47. The Morgan fingerprint density at radius 1 is 1.14 bits per heavy atom. The Morgan fingerprint density at radius 2 is 1.95 bits per heavy atom. The molecular weight excluding hydrogens is 276 g/mol. The number of rotatable bonds is 4. The topological polar surface area (TPSA) is 54.3 Å². The minimum Gasteiger partial charge on any atom is -0.464 e. The number of hydrogen-bond acceptors (Lipinski definition) is 2. The predicted octanol–water partition coefficient (Wildman–Crippen LogP) is 4.19. The first-order valence-electron chi connectivity index (χ1n) is 7.29. The van der Waals surface area contributed by atoms with E-state index in [9.17, 15) is 4.79 Å². The lowest BCUT2D eigenvalue weighted by atomic mass is 10.1. The van der Waals surface area contributed by atoms with Crippen molar-refractivity contribution in [2.75, 3.05) is 5.32 Å². The van der Waals surface area contributed by atoms with Gasteiger partial charge >= 0.3 is 6.03 Å². The van der Waals surface area contributed by atoms with Crippen molar-refractivity contribution in [2.24, 2.45) is 0 Å². The van der Waals surface area contributed by atoms with Gasteiger partial charge in [0, 0.05) is 17.1 Å². The molecule has 3 aromatic rings. The van der Waals surface area contributed by atoms with Crippen molar-refractivity contribution >= 4 is 22.7 Å². The van der Waals surface area contributed by atoms with Gasteiger partial charge in [0.1, 0.15) is 5.58 Å². The summed E-state index contributed by atoms with van der Waals surface area (Å²) in [4.78, 5) is 11.9. The summed E-state index contributed by atoms with van der Waals surface area (Å²) in [6, 6.07) is 17.3. The maximum absolute atomic E-state index is 11.9. The molecule has 1 heterocycles. The van der Waals surface area contributed by atoms with Gasteiger partial charge in [0.2, 0.25) is 0 Å². The molecule has 0 aliphatic carbocycles. The second kappa shape index (κ2) is 6.35. The van der Waals surface area contributed by atoms with E-state index in [0.717, 1.165) is 23.1 Å². The lowest BCUT2D eigenvalue weighted by molar-refractivity contribution is 0.249. The van der Waals surface area contributed by atoms with Crippen molar-refractivity contribution in [1.82, 2.24) is 5.32 Å². The first-order chi connectivity index (χ1) is 10.7. The highest BCUT2D eigenvalue weighted by atomic mass is 16.3. The Balaban J connectivity index is 1.57. The van der Waals surface area contributed by atoms with Gasteiger partial charge in [0.05, 0.1) is 6.26 Å². The highest BCUT2D eigenvalue weighted by Gasteiger charge is 2.09. The molecule has 0 fully saturated rings. The molecule has 112 valence electrons. The van der Waals surface area contributed by atoms with Gasteiger partial charge in [-0.1, -0.05) is 24.3 Å². The van der Waals surface area contributed by atoms with E-state index in [2.05, 4.69) is 16.7 Å². The van der Waals surface area contributed by atoms with Gasteiger partial charge in [-0.15, -0.1) is 0 Å². The molecule has 4 nitrogen and oxygen atoms in total. The number of furan rings is 1. The Hall–Kier alpha value is -2.75. The number of carbonyl (C=O) groups is 1. The SMILES string of the molecule is CC(Cc1ccc2occc2c1)NC(=O)Nc1ccccc1. The Kier molecular flexibility index (Phi) is 4.10. The van der Waals surface area contributed by atoms with Crippen LogP contribution in [0.3, 0.4) is 0 Å². The molecule has 22 heavy (non-hydrogen) atoms. The molecular formula is C18H18N2O2. The second-order valence-electron chi connectivity index (χ2n) is 5.36. The van der Waals surface area contributed by atoms with E-state index in [4.69, 9.17) is 4.42 Å². The van der Waals surface area contributed by atoms with Crippen LogP contribution in [0.4, 0.5) is 10.5 Å². The van der Waals surface area contributed by atoms with Crippen molar-refractivity contribution in [3.8, 4) is 0 Å². The number of fused-ring (bicyclic) bond motifs is 1. The van der Waals surface area contributed by atoms with Crippen LogP contribution in [-0.2, 0) is 6.42 Å². The van der Waals surface area contributed by atoms with Crippen LogP contribution in [0, 0.1) is 0 Å². The van der Waals surface area contributed by atoms with Gasteiger partial charge in [-0.2, -0.15) is 0 Å². The van der Waals surface area contributed by atoms with Crippen LogP contribution in [-0.4, -0.2) is 12.1 Å². The van der Waals surface area contributed by atoms with Crippen molar-refractivity contribution in [1.29, 1.82) is 0 Å². The standard InChI is InChI=1S/C18H18N2O2/c1-13(19-18(21)20-16-5-3-2-4-6-16)11-14-7-8-17-15(12-14)9-10-22-17/h2-10,12-13H,11H2,1H3,(H2,19,20,21). The minimum atomic E-state index is -0.192. The highest BCUT2D eigenvalue weighted by Crippen LogP contribution is 2.17.